The summed E-state index contributed by atoms with van der Waals surface area (Å²) in [7, 11) is 3.02. The maximum Gasteiger partial charge on any atom is 0.411 e. The molecule has 8 heteroatoms. The Balaban J connectivity index is 1.52. The average Bonchev–Trinajstić information content (AvgIpc) is 3.25. The predicted octanol–water partition coefficient (Wildman–Crippen LogP) is 7.56. The lowest BCUT2D eigenvalue weighted by atomic mass is 9.92. The molecule has 3 aromatic carbocycles. The van der Waals surface area contributed by atoms with Crippen LogP contribution >= 0.6 is 11.6 Å². The zero-order valence-corrected chi connectivity index (χ0v) is 24.4. The first kappa shape index (κ1) is 28.2. The molecule has 4 aromatic rings. The molecule has 0 unspecified atom stereocenters. The van der Waals surface area contributed by atoms with Gasteiger partial charge in [0.1, 0.15) is 17.0 Å². The summed E-state index contributed by atoms with van der Waals surface area (Å²) in [5.41, 5.74) is 8.12. The van der Waals surface area contributed by atoms with Crippen LogP contribution in [-0.2, 0) is 16.0 Å². The van der Waals surface area contributed by atoms with E-state index < -0.39 is 6.10 Å². The minimum Gasteiger partial charge on any atom is -0.496 e. The zero-order valence-electron chi connectivity index (χ0n) is 23.6. The Labute approximate surface area is 244 Å². The molecule has 1 saturated heterocycles. The van der Waals surface area contributed by atoms with Crippen molar-refractivity contribution in [2.45, 2.75) is 39.5 Å². The number of nitrogens with zero attached hydrogens (tertiary/aromatic N) is 2. The van der Waals surface area contributed by atoms with E-state index >= 15 is 0 Å². The molecule has 41 heavy (non-hydrogen) atoms. The second kappa shape index (κ2) is 11.6. The van der Waals surface area contributed by atoms with Crippen LogP contribution < -0.4 is 4.74 Å². The fraction of sp³-hybridized carbons (Fsp3) is 0.242. The van der Waals surface area contributed by atoms with Crippen molar-refractivity contribution in [2.24, 2.45) is 0 Å². The van der Waals surface area contributed by atoms with Crippen LogP contribution in [0.3, 0.4) is 0 Å². The summed E-state index contributed by atoms with van der Waals surface area (Å²) in [5.74, 6) is 0.340. The van der Waals surface area contributed by atoms with Crippen molar-refractivity contribution in [3.63, 3.8) is 0 Å². The van der Waals surface area contributed by atoms with Gasteiger partial charge in [-0.25, -0.2) is 14.6 Å². The topological polar surface area (TPSA) is 78.0 Å². The van der Waals surface area contributed by atoms with Crippen molar-refractivity contribution in [1.29, 1.82) is 0 Å². The lowest BCUT2D eigenvalue weighted by Crippen LogP contribution is -2.31. The highest BCUT2D eigenvalue weighted by Gasteiger charge is 2.40. The molecule has 2 heterocycles. The standard InChI is InChI=1S/C33H31ClN2O5/c1-19-6-9-27(25(14-19)18-36-21(3)31(41-33(36)38)23-12-13-35-30(34)17-23)28-16-22(8-11-29(28)39-4)26-10-7-24(15-20(26)2)32(37)40-5/h6-17,21,31H,18H2,1-5H3/t21-,31-/m0/s1. The molecule has 1 amide bonds. The first-order valence-corrected chi connectivity index (χ1v) is 13.6. The third-order valence-electron chi connectivity index (χ3n) is 7.52. The van der Waals surface area contributed by atoms with Crippen LogP contribution in [0.2, 0.25) is 5.15 Å². The zero-order chi connectivity index (χ0) is 29.3. The summed E-state index contributed by atoms with van der Waals surface area (Å²) in [6, 6.07) is 21.1. The SMILES string of the molecule is COC(=O)c1ccc(-c2ccc(OC)c(-c3ccc(C)cc3CN3C(=O)O[C@H](c4ccnc(Cl)c4)[C@@H]3C)c2)c(C)c1. The van der Waals surface area contributed by atoms with Crippen LogP contribution in [0.25, 0.3) is 22.3 Å². The fourth-order valence-electron chi connectivity index (χ4n) is 5.37. The van der Waals surface area contributed by atoms with Gasteiger partial charge in [0.2, 0.25) is 0 Å². The van der Waals surface area contributed by atoms with Gasteiger partial charge < -0.3 is 14.2 Å². The van der Waals surface area contributed by atoms with Gasteiger partial charge in [-0.05, 0) is 90.6 Å². The van der Waals surface area contributed by atoms with Crippen LogP contribution in [-0.4, -0.2) is 42.2 Å². The van der Waals surface area contributed by atoms with Crippen molar-refractivity contribution in [3.8, 4) is 28.0 Å². The van der Waals surface area contributed by atoms with E-state index in [0.29, 0.717) is 23.0 Å². The number of hydrogen-bond donors (Lipinski definition) is 0. The molecule has 1 fully saturated rings. The summed E-state index contributed by atoms with van der Waals surface area (Å²) >= 11 is 6.11. The van der Waals surface area contributed by atoms with Gasteiger partial charge in [0.15, 0.2) is 0 Å². The molecule has 0 aliphatic carbocycles. The number of cyclic esters (lactones) is 1. The molecule has 0 spiro atoms. The molecule has 1 aromatic heterocycles. The number of esters is 1. The van der Waals surface area contributed by atoms with Crippen molar-refractivity contribution >= 4 is 23.7 Å². The quantitative estimate of drug-likeness (QED) is 0.168. The van der Waals surface area contributed by atoms with Gasteiger partial charge in [-0.1, -0.05) is 47.5 Å². The van der Waals surface area contributed by atoms with Crippen LogP contribution in [0.1, 0.15) is 45.6 Å². The van der Waals surface area contributed by atoms with Crippen LogP contribution in [0.15, 0.2) is 72.9 Å². The van der Waals surface area contributed by atoms with E-state index in [4.69, 9.17) is 25.8 Å². The molecule has 0 N–H and O–H groups in total. The summed E-state index contributed by atoms with van der Waals surface area (Å²) in [5, 5.41) is 0.354. The number of pyridine rings is 1. The van der Waals surface area contributed by atoms with Crippen molar-refractivity contribution in [3.05, 3.63) is 106 Å². The van der Waals surface area contributed by atoms with E-state index in [1.165, 1.54) is 7.11 Å². The van der Waals surface area contributed by atoms with Crippen LogP contribution in [0, 0.1) is 13.8 Å². The Morgan fingerprint density at radius 2 is 1.76 bits per heavy atom. The van der Waals surface area contributed by atoms with E-state index in [0.717, 1.165) is 44.5 Å². The number of methoxy groups -OCH3 is 2. The van der Waals surface area contributed by atoms with Gasteiger partial charge in [0, 0.05) is 11.8 Å². The predicted molar refractivity (Wildman–Crippen MR) is 158 cm³/mol. The van der Waals surface area contributed by atoms with E-state index in [-0.39, 0.29) is 18.1 Å². The Bertz CT molecular complexity index is 1640. The van der Waals surface area contributed by atoms with E-state index in [2.05, 4.69) is 29.2 Å². The molecule has 0 saturated carbocycles. The Morgan fingerprint density at radius 1 is 0.976 bits per heavy atom. The molecular formula is C33H31ClN2O5. The Morgan fingerprint density at radius 3 is 2.46 bits per heavy atom. The van der Waals surface area contributed by atoms with Gasteiger partial charge in [0.25, 0.3) is 0 Å². The number of rotatable bonds is 7. The second-order valence-corrected chi connectivity index (χ2v) is 10.6. The van der Waals surface area contributed by atoms with Gasteiger partial charge in [-0.3, -0.25) is 4.90 Å². The molecular weight excluding hydrogens is 540 g/mol. The number of halogens is 1. The number of hydrogen-bond acceptors (Lipinski definition) is 6. The largest absolute Gasteiger partial charge is 0.496 e. The number of amides is 1. The second-order valence-electron chi connectivity index (χ2n) is 10.2. The fourth-order valence-corrected chi connectivity index (χ4v) is 5.55. The highest BCUT2D eigenvalue weighted by molar-refractivity contribution is 6.29. The summed E-state index contributed by atoms with van der Waals surface area (Å²) in [6.45, 7) is 6.32. The lowest BCUT2D eigenvalue weighted by Gasteiger charge is -2.23. The number of benzene rings is 3. The molecule has 1 aliphatic rings. The smallest absolute Gasteiger partial charge is 0.411 e. The van der Waals surface area contributed by atoms with Gasteiger partial charge in [0.05, 0.1) is 32.4 Å². The Hall–Kier alpha value is -4.36. The maximum atomic E-state index is 13.1. The molecule has 0 bridgehead atoms. The third kappa shape index (κ3) is 5.63. The van der Waals surface area contributed by atoms with E-state index in [1.54, 1.807) is 30.3 Å². The minimum absolute atomic E-state index is 0.224. The minimum atomic E-state index is -0.454. The Kier molecular flexibility index (Phi) is 7.99. The molecule has 210 valence electrons. The number of ether oxygens (including phenoxy) is 3. The number of aromatic nitrogens is 1. The summed E-state index contributed by atoms with van der Waals surface area (Å²) in [4.78, 5) is 30.9. The lowest BCUT2D eigenvalue weighted by molar-refractivity contribution is 0.0600. The first-order valence-electron chi connectivity index (χ1n) is 13.3. The number of carbonyl (C=O) groups excluding carboxylic acids is 2. The molecule has 1 aliphatic heterocycles. The van der Waals surface area contributed by atoms with Crippen molar-refractivity contribution < 1.29 is 23.8 Å². The molecule has 7 nitrogen and oxygen atoms in total. The number of carbonyl (C=O) groups is 2. The first-order chi connectivity index (χ1) is 19.7. The van der Waals surface area contributed by atoms with E-state index in [1.807, 2.05) is 51.1 Å². The van der Waals surface area contributed by atoms with Gasteiger partial charge in [-0.15, -0.1) is 0 Å². The highest BCUT2D eigenvalue weighted by Crippen LogP contribution is 2.40. The molecule has 5 rings (SSSR count). The third-order valence-corrected chi connectivity index (χ3v) is 7.73. The van der Waals surface area contributed by atoms with Crippen LogP contribution in [0.5, 0.6) is 5.75 Å². The number of aryl methyl sites for hydroxylation is 2. The summed E-state index contributed by atoms with van der Waals surface area (Å²) < 4.78 is 16.4. The normalized spacial score (nSPS) is 16.4. The van der Waals surface area contributed by atoms with Crippen molar-refractivity contribution in [1.82, 2.24) is 9.88 Å². The van der Waals surface area contributed by atoms with Crippen molar-refractivity contribution in [2.75, 3.05) is 14.2 Å². The van der Waals surface area contributed by atoms with Crippen LogP contribution in [0.4, 0.5) is 4.79 Å². The highest BCUT2D eigenvalue weighted by atomic mass is 35.5. The van der Waals surface area contributed by atoms with Gasteiger partial charge >= 0.3 is 12.1 Å². The average molecular weight is 571 g/mol. The molecule has 2 atom stereocenters. The maximum absolute atomic E-state index is 13.1. The molecule has 0 radical (unpaired) electrons. The summed E-state index contributed by atoms with van der Waals surface area (Å²) in [6.07, 6.45) is 0.777. The monoisotopic (exact) mass is 570 g/mol. The van der Waals surface area contributed by atoms with E-state index in [9.17, 15) is 9.59 Å². The van der Waals surface area contributed by atoms with Gasteiger partial charge in [-0.2, -0.15) is 0 Å².